The highest BCUT2D eigenvalue weighted by molar-refractivity contribution is 7.92. The summed E-state index contributed by atoms with van der Waals surface area (Å²) in [6, 6.07) is 7.81. The van der Waals surface area contributed by atoms with Crippen LogP contribution in [0.3, 0.4) is 0 Å². The minimum Gasteiger partial charge on any atom is -0.432 e. The molecule has 2 rings (SSSR count). The summed E-state index contributed by atoms with van der Waals surface area (Å²) in [6.07, 6.45) is 4.96. The van der Waals surface area contributed by atoms with E-state index in [1.165, 1.54) is 37.4 Å². The molecule has 212 valence electrons. The number of anilines is 1. The molecule has 0 amide bonds. The van der Waals surface area contributed by atoms with Crippen molar-refractivity contribution in [3.63, 3.8) is 0 Å². The number of allylic oxidation sites excluding steroid dienone is 1. The van der Waals surface area contributed by atoms with Gasteiger partial charge in [0.25, 0.3) is 0 Å². The maximum absolute atomic E-state index is 13.7. The average Bonchev–Trinajstić information content (AvgIpc) is 2.80. The van der Waals surface area contributed by atoms with E-state index in [4.69, 9.17) is 0 Å². The number of benzene rings is 1. The van der Waals surface area contributed by atoms with E-state index in [0.717, 1.165) is 10.6 Å². The zero-order chi connectivity index (χ0) is 29.8. The lowest BCUT2D eigenvalue weighted by molar-refractivity contribution is -0.115. The highest BCUT2D eigenvalue weighted by Gasteiger charge is 2.39. The molecular weight excluding hydrogens is 535 g/mol. The Morgan fingerprint density at radius 3 is 2.31 bits per heavy atom. The van der Waals surface area contributed by atoms with Crippen molar-refractivity contribution in [2.45, 2.75) is 71.0 Å². The van der Waals surface area contributed by atoms with E-state index in [1.807, 2.05) is 40.8 Å². The minimum atomic E-state index is -3.65. The molecule has 0 unspecified atom stereocenters. The highest BCUT2D eigenvalue weighted by Crippen LogP contribution is 2.43. The van der Waals surface area contributed by atoms with Crippen molar-refractivity contribution in [1.82, 2.24) is 9.97 Å². The zero-order valence-corrected chi connectivity index (χ0v) is 25.8. The Labute approximate surface area is 232 Å². The molecule has 0 fully saturated rings. The van der Waals surface area contributed by atoms with Crippen molar-refractivity contribution >= 4 is 36.1 Å². The Hall–Kier alpha value is -2.94. The fourth-order valence-electron chi connectivity index (χ4n) is 4.04. The first-order valence-electron chi connectivity index (χ1n) is 12.8. The molecule has 8 nitrogen and oxygen atoms in total. The number of ketones is 1. The zero-order valence-electron chi connectivity index (χ0n) is 24.0. The van der Waals surface area contributed by atoms with Crippen molar-refractivity contribution in [2.75, 3.05) is 17.6 Å². The van der Waals surface area contributed by atoms with Crippen LogP contribution in [0, 0.1) is 23.1 Å². The largest absolute Gasteiger partial charge is 0.432 e. The molecule has 0 radical (unpaired) electrons. The summed E-state index contributed by atoms with van der Waals surface area (Å²) in [5, 5.41) is 8.96. The third-order valence-electron chi connectivity index (χ3n) is 7.17. The molecule has 0 saturated carbocycles. The van der Waals surface area contributed by atoms with Crippen LogP contribution >= 0.6 is 0 Å². The SMILES string of the molecule is CC(C)c1nc(N(C)S(C)(=O)=O)nc(-c2ccc(F)cc2)c1/C=C/C(=O)C[C@H](CC#N)CC(C)(C)[Si](C)(C)O. The molecule has 39 heavy (non-hydrogen) atoms. The number of hydrogen-bond acceptors (Lipinski definition) is 7. The van der Waals surface area contributed by atoms with Crippen molar-refractivity contribution in [3.8, 4) is 17.3 Å². The van der Waals surface area contributed by atoms with E-state index >= 15 is 0 Å². The van der Waals surface area contributed by atoms with Gasteiger partial charge in [0.2, 0.25) is 16.0 Å². The number of carbonyl (C=O) groups is 1. The summed E-state index contributed by atoms with van der Waals surface area (Å²) in [5.41, 5.74) is 1.96. The molecule has 1 N–H and O–H groups in total. The number of sulfonamides is 1. The number of aromatic nitrogens is 2. The Morgan fingerprint density at radius 2 is 1.82 bits per heavy atom. The van der Waals surface area contributed by atoms with E-state index in [9.17, 15) is 27.7 Å². The summed E-state index contributed by atoms with van der Waals surface area (Å²) in [7, 11) is -4.82. The molecule has 0 aliphatic heterocycles. The molecule has 1 atom stereocenters. The first kappa shape index (κ1) is 32.3. The van der Waals surface area contributed by atoms with Crippen molar-refractivity contribution < 1.29 is 22.4 Å². The fourth-order valence-corrected chi connectivity index (χ4v) is 5.21. The maximum atomic E-state index is 13.7. The average molecular weight is 575 g/mol. The summed E-state index contributed by atoms with van der Waals surface area (Å²) in [4.78, 5) is 32.8. The van der Waals surface area contributed by atoms with E-state index in [1.54, 1.807) is 6.08 Å². The quantitative estimate of drug-likeness (QED) is 0.256. The Balaban J connectivity index is 2.57. The Morgan fingerprint density at radius 1 is 1.23 bits per heavy atom. The second-order valence-corrected chi connectivity index (χ2v) is 17.9. The van der Waals surface area contributed by atoms with Crippen LogP contribution < -0.4 is 4.31 Å². The van der Waals surface area contributed by atoms with Gasteiger partial charge in [-0.05, 0) is 72.8 Å². The van der Waals surface area contributed by atoms with Gasteiger partial charge < -0.3 is 4.80 Å². The van der Waals surface area contributed by atoms with Crippen LogP contribution in [0.1, 0.15) is 64.1 Å². The molecule has 2 aromatic rings. The predicted octanol–water partition coefficient (Wildman–Crippen LogP) is 5.67. The minimum absolute atomic E-state index is 0.0314. The number of halogens is 1. The maximum Gasteiger partial charge on any atom is 0.239 e. The second kappa shape index (κ2) is 12.5. The van der Waals surface area contributed by atoms with Crippen LogP contribution in [0.2, 0.25) is 18.1 Å². The number of nitriles is 1. The third kappa shape index (κ3) is 8.52. The van der Waals surface area contributed by atoms with Crippen LogP contribution in [0.5, 0.6) is 0 Å². The number of carbonyl (C=O) groups excluding carboxylic acids is 1. The van der Waals surface area contributed by atoms with Gasteiger partial charge in [0.15, 0.2) is 14.1 Å². The van der Waals surface area contributed by atoms with Gasteiger partial charge in [-0.15, -0.1) is 0 Å². The van der Waals surface area contributed by atoms with Gasteiger partial charge in [0.05, 0.1) is 23.7 Å². The highest BCUT2D eigenvalue weighted by atomic mass is 32.2. The molecule has 0 aliphatic carbocycles. The van der Waals surface area contributed by atoms with Gasteiger partial charge >= 0.3 is 0 Å². The van der Waals surface area contributed by atoms with E-state index in [0.29, 0.717) is 28.9 Å². The monoisotopic (exact) mass is 574 g/mol. The summed E-state index contributed by atoms with van der Waals surface area (Å²) in [6.45, 7) is 11.4. The molecule has 1 heterocycles. The third-order valence-corrected chi connectivity index (χ3v) is 11.8. The van der Waals surface area contributed by atoms with Gasteiger partial charge in [0, 0.05) is 31.0 Å². The summed E-state index contributed by atoms with van der Waals surface area (Å²) in [5.74, 6) is -1.03. The molecule has 11 heteroatoms. The Bertz CT molecular complexity index is 1360. The molecule has 1 aromatic carbocycles. The smallest absolute Gasteiger partial charge is 0.239 e. The summed E-state index contributed by atoms with van der Waals surface area (Å²) < 4.78 is 39.1. The van der Waals surface area contributed by atoms with Crippen LogP contribution in [0.15, 0.2) is 30.3 Å². The van der Waals surface area contributed by atoms with E-state index in [2.05, 4.69) is 16.0 Å². The first-order chi connectivity index (χ1) is 17.9. The van der Waals surface area contributed by atoms with E-state index < -0.39 is 24.2 Å². The lowest BCUT2D eigenvalue weighted by Gasteiger charge is -2.37. The van der Waals surface area contributed by atoms with Gasteiger partial charge in [-0.3, -0.25) is 4.79 Å². The van der Waals surface area contributed by atoms with Crippen molar-refractivity contribution in [3.05, 3.63) is 47.4 Å². The van der Waals surface area contributed by atoms with Crippen molar-refractivity contribution in [2.24, 2.45) is 5.92 Å². The Kier molecular flexibility index (Phi) is 10.3. The standard InChI is InChI=1S/C28H39FN4O4SSi/c1-19(2)25-24(14-13-23(34)17-20(15-16-30)18-28(3,4)39(7,8)37)26(21-9-11-22(29)12-10-21)32-27(31-25)33(5)38(6,35)36/h9-14,19-20,37H,15,17-18H2,1-8H3/b14-13+/t20-/m0/s1. The molecule has 0 spiro atoms. The van der Waals surface area contributed by atoms with Crippen molar-refractivity contribution in [1.29, 1.82) is 5.26 Å². The lowest BCUT2D eigenvalue weighted by Crippen LogP contribution is -2.40. The topological polar surface area (TPSA) is 124 Å². The number of nitrogens with zero attached hydrogens (tertiary/aromatic N) is 4. The number of hydrogen-bond donors (Lipinski definition) is 1. The van der Waals surface area contributed by atoms with E-state index in [-0.39, 0.29) is 41.4 Å². The van der Waals surface area contributed by atoms with Gasteiger partial charge in [-0.1, -0.05) is 27.7 Å². The fraction of sp³-hybridized carbons (Fsp3) is 0.500. The molecule has 0 aliphatic rings. The molecular formula is C28H39FN4O4SSi. The number of rotatable bonds is 12. The molecule has 0 saturated heterocycles. The normalized spacial score (nSPS) is 13.5. The first-order valence-corrected chi connectivity index (χ1v) is 17.6. The van der Waals surface area contributed by atoms with Gasteiger partial charge in [-0.2, -0.15) is 5.26 Å². The van der Waals surface area contributed by atoms with Crippen LogP contribution in [-0.4, -0.2) is 50.6 Å². The molecule has 0 bridgehead atoms. The second-order valence-electron chi connectivity index (χ2n) is 11.4. The van der Waals surface area contributed by atoms with Crippen LogP contribution in [0.25, 0.3) is 17.3 Å². The van der Waals surface area contributed by atoms with Gasteiger partial charge in [0.1, 0.15) is 5.82 Å². The predicted molar refractivity (Wildman–Crippen MR) is 155 cm³/mol. The summed E-state index contributed by atoms with van der Waals surface area (Å²) >= 11 is 0. The van der Waals surface area contributed by atoms with Crippen LogP contribution in [-0.2, 0) is 14.8 Å². The lowest BCUT2D eigenvalue weighted by atomic mass is 9.89. The van der Waals surface area contributed by atoms with Gasteiger partial charge in [-0.25, -0.2) is 27.1 Å². The van der Waals surface area contributed by atoms with Crippen LogP contribution in [0.4, 0.5) is 10.3 Å². The molecule has 1 aromatic heterocycles.